The summed E-state index contributed by atoms with van der Waals surface area (Å²) in [7, 11) is 0. The average molecular weight is 515 g/mol. The molecule has 0 fully saturated rings. The van der Waals surface area contributed by atoms with Gasteiger partial charge < -0.3 is 9.47 Å². The van der Waals surface area contributed by atoms with E-state index in [1.165, 1.54) is 87.6 Å². The lowest BCUT2D eigenvalue weighted by Crippen LogP contribution is -2.02. The van der Waals surface area contributed by atoms with Crippen LogP contribution in [-0.4, -0.2) is 0 Å². The van der Waals surface area contributed by atoms with Crippen molar-refractivity contribution in [2.24, 2.45) is 0 Å². The van der Waals surface area contributed by atoms with Crippen molar-refractivity contribution in [1.82, 2.24) is 0 Å². The fraction of sp³-hybridized carbons (Fsp3) is 0.105. The molecule has 0 saturated heterocycles. The van der Waals surface area contributed by atoms with E-state index in [1.54, 1.807) is 0 Å². The molecule has 0 saturated carbocycles. The smallest absolute Gasteiger partial charge is 0.0731 e. The van der Waals surface area contributed by atoms with E-state index in [0.717, 1.165) is 0 Å². The van der Waals surface area contributed by atoms with Crippen LogP contribution >= 0.6 is 0 Å². The SMILES string of the molecule is c1ccc2c(c1)cc(-c1c3c(c4c(c1-c1cc5ccccc5c5ccccc15)COC4)COC3)c1ccccc12. The number of fused-ring (bicyclic) bond motifs is 9. The average Bonchev–Trinajstić information content (AvgIpc) is 3.70. The van der Waals surface area contributed by atoms with Crippen LogP contribution in [0.5, 0.6) is 0 Å². The van der Waals surface area contributed by atoms with Gasteiger partial charge in [-0.15, -0.1) is 0 Å². The summed E-state index contributed by atoms with van der Waals surface area (Å²) in [6.07, 6.45) is 0. The highest BCUT2D eigenvalue weighted by atomic mass is 16.5. The zero-order valence-corrected chi connectivity index (χ0v) is 22.0. The second-order valence-corrected chi connectivity index (χ2v) is 11.0. The van der Waals surface area contributed by atoms with E-state index in [-0.39, 0.29) is 0 Å². The van der Waals surface area contributed by atoms with Crippen LogP contribution in [0, 0.1) is 0 Å². The molecule has 2 heteroatoms. The van der Waals surface area contributed by atoms with Gasteiger partial charge in [-0.3, -0.25) is 0 Å². The fourth-order valence-electron chi connectivity index (χ4n) is 7.26. The van der Waals surface area contributed by atoms with Gasteiger partial charge in [-0.1, -0.05) is 97.1 Å². The van der Waals surface area contributed by atoms with Gasteiger partial charge in [0, 0.05) is 0 Å². The molecule has 7 aromatic carbocycles. The van der Waals surface area contributed by atoms with Crippen molar-refractivity contribution in [1.29, 1.82) is 0 Å². The van der Waals surface area contributed by atoms with Crippen LogP contribution in [0.4, 0.5) is 0 Å². The molecule has 0 radical (unpaired) electrons. The number of benzene rings is 7. The van der Waals surface area contributed by atoms with Crippen molar-refractivity contribution in [3.8, 4) is 22.3 Å². The molecule has 40 heavy (non-hydrogen) atoms. The Bertz CT molecular complexity index is 2020. The topological polar surface area (TPSA) is 18.5 Å². The lowest BCUT2D eigenvalue weighted by Gasteiger charge is -2.23. The van der Waals surface area contributed by atoms with E-state index in [9.17, 15) is 0 Å². The summed E-state index contributed by atoms with van der Waals surface area (Å²) in [5, 5.41) is 10.2. The monoisotopic (exact) mass is 514 g/mol. The first-order valence-electron chi connectivity index (χ1n) is 14.0. The van der Waals surface area contributed by atoms with E-state index in [2.05, 4.69) is 109 Å². The zero-order chi connectivity index (χ0) is 26.2. The summed E-state index contributed by atoms with van der Waals surface area (Å²) in [4.78, 5) is 0. The largest absolute Gasteiger partial charge is 0.372 e. The summed E-state index contributed by atoms with van der Waals surface area (Å²) in [5.41, 5.74) is 10.4. The molecule has 2 heterocycles. The molecule has 2 aliphatic rings. The lowest BCUT2D eigenvalue weighted by molar-refractivity contribution is 0.126. The second-order valence-electron chi connectivity index (χ2n) is 11.0. The maximum Gasteiger partial charge on any atom is 0.0731 e. The molecule has 190 valence electrons. The predicted molar refractivity (Wildman–Crippen MR) is 164 cm³/mol. The summed E-state index contributed by atoms with van der Waals surface area (Å²) in [6, 6.07) is 40.1. The Hall–Kier alpha value is -4.50. The Morgan fingerprint density at radius 1 is 0.350 bits per heavy atom. The number of ether oxygens (including phenoxy) is 2. The third-order valence-corrected chi connectivity index (χ3v) is 9.01. The number of rotatable bonds is 2. The first-order valence-corrected chi connectivity index (χ1v) is 14.0. The van der Waals surface area contributed by atoms with Crippen molar-refractivity contribution in [3.05, 3.63) is 131 Å². The zero-order valence-electron chi connectivity index (χ0n) is 22.0. The highest BCUT2D eigenvalue weighted by molar-refractivity contribution is 6.19. The molecule has 2 aliphatic heterocycles. The van der Waals surface area contributed by atoms with Gasteiger partial charge in [0.15, 0.2) is 0 Å². The molecule has 0 atom stereocenters. The Balaban J connectivity index is 1.51. The molecule has 0 N–H and O–H groups in total. The molecular weight excluding hydrogens is 488 g/mol. The van der Waals surface area contributed by atoms with Crippen LogP contribution in [-0.2, 0) is 35.9 Å². The summed E-state index contributed by atoms with van der Waals surface area (Å²) >= 11 is 0. The van der Waals surface area contributed by atoms with Gasteiger partial charge >= 0.3 is 0 Å². The Kier molecular flexibility index (Phi) is 4.74. The third kappa shape index (κ3) is 3.06. The quantitative estimate of drug-likeness (QED) is 0.214. The second kappa shape index (κ2) is 8.50. The molecule has 9 rings (SSSR count). The minimum Gasteiger partial charge on any atom is -0.372 e. The number of hydrogen-bond donors (Lipinski definition) is 0. The van der Waals surface area contributed by atoms with Gasteiger partial charge in [0.2, 0.25) is 0 Å². The molecule has 7 aromatic rings. The molecular formula is C38H26O2. The van der Waals surface area contributed by atoms with Crippen molar-refractivity contribution in [3.63, 3.8) is 0 Å². The molecule has 0 unspecified atom stereocenters. The van der Waals surface area contributed by atoms with Crippen LogP contribution in [0.3, 0.4) is 0 Å². The highest BCUT2D eigenvalue weighted by Gasteiger charge is 2.32. The van der Waals surface area contributed by atoms with Crippen molar-refractivity contribution >= 4 is 43.1 Å². The standard InChI is InChI=1S/C38H26O2/c1-3-11-25-23(9-1)17-31(29-15-7-5-13-27(25)29)37-35-21-39-19-33(35)34-20-40-22-36(34)38(37)32-18-24-10-2-4-12-26(24)28-14-6-8-16-30(28)32/h1-18H,19-22H2. The maximum atomic E-state index is 6.19. The molecule has 0 bridgehead atoms. The van der Waals surface area contributed by atoms with Crippen LogP contribution < -0.4 is 0 Å². The molecule has 0 aromatic heterocycles. The summed E-state index contributed by atoms with van der Waals surface area (Å²) < 4.78 is 12.4. The van der Waals surface area contributed by atoms with Gasteiger partial charge in [0.1, 0.15) is 0 Å². The van der Waals surface area contributed by atoms with E-state index in [1.807, 2.05) is 0 Å². The van der Waals surface area contributed by atoms with Gasteiger partial charge in [0.05, 0.1) is 26.4 Å². The Morgan fingerprint density at radius 2 is 0.700 bits per heavy atom. The minimum absolute atomic E-state index is 0.623. The Labute approximate surface area is 232 Å². The Morgan fingerprint density at radius 3 is 1.15 bits per heavy atom. The summed E-state index contributed by atoms with van der Waals surface area (Å²) in [5.74, 6) is 0. The van der Waals surface area contributed by atoms with Crippen LogP contribution in [0.1, 0.15) is 22.3 Å². The van der Waals surface area contributed by atoms with Crippen molar-refractivity contribution in [2.45, 2.75) is 26.4 Å². The fourth-order valence-corrected chi connectivity index (χ4v) is 7.26. The molecule has 0 aliphatic carbocycles. The lowest BCUT2D eigenvalue weighted by atomic mass is 9.79. The van der Waals surface area contributed by atoms with Crippen LogP contribution in [0.25, 0.3) is 65.3 Å². The summed E-state index contributed by atoms with van der Waals surface area (Å²) in [6.45, 7) is 2.55. The molecule has 0 amide bonds. The number of hydrogen-bond acceptors (Lipinski definition) is 2. The van der Waals surface area contributed by atoms with Crippen molar-refractivity contribution < 1.29 is 9.47 Å². The third-order valence-electron chi connectivity index (χ3n) is 9.01. The van der Waals surface area contributed by atoms with E-state index in [4.69, 9.17) is 9.47 Å². The predicted octanol–water partition coefficient (Wildman–Crippen LogP) is 9.69. The minimum atomic E-state index is 0.623. The normalized spacial score (nSPS) is 14.4. The molecule has 2 nitrogen and oxygen atoms in total. The highest BCUT2D eigenvalue weighted by Crippen LogP contribution is 2.51. The maximum absolute atomic E-state index is 6.19. The molecule has 0 spiro atoms. The first-order chi connectivity index (χ1) is 19.9. The first kappa shape index (κ1) is 22.3. The van der Waals surface area contributed by atoms with Crippen molar-refractivity contribution in [2.75, 3.05) is 0 Å². The van der Waals surface area contributed by atoms with E-state index < -0.39 is 0 Å². The van der Waals surface area contributed by atoms with Crippen LogP contribution in [0.2, 0.25) is 0 Å². The van der Waals surface area contributed by atoms with Crippen LogP contribution in [0.15, 0.2) is 109 Å². The van der Waals surface area contributed by atoms with E-state index in [0.29, 0.717) is 26.4 Å². The van der Waals surface area contributed by atoms with E-state index >= 15 is 0 Å². The van der Waals surface area contributed by atoms with Gasteiger partial charge in [-0.2, -0.15) is 0 Å². The van der Waals surface area contributed by atoms with Gasteiger partial charge in [-0.25, -0.2) is 0 Å². The van der Waals surface area contributed by atoms with Gasteiger partial charge in [0.25, 0.3) is 0 Å². The van der Waals surface area contributed by atoms with Gasteiger partial charge in [-0.05, 0) is 99.7 Å².